The second kappa shape index (κ2) is 9.75. The average Bonchev–Trinajstić information content (AvgIpc) is 3.45. The van der Waals surface area contributed by atoms with Gasteiger partial charge in [-0.3, -0.25) is 19.2 Å². The van der Waals surface area contributed by atoms with Crippen molar-refractivity contribution in [1.29, 1.82) is 0 Å². The van der Waals surface area contributed by atoms with E-state index in [2.05, 4.69) is 6.08 Å². The predicted octanol–water partition coefficient (Wildman–Crippen LogP) is 6.81. The van der Waals surface area contributed by atoms with Crippen LogP contribution in [-0.2, 0) is 19.2 Å². The lowest BCUT2D eigenvalue weighted by atomic mass is 9.49. The number of hydrogen-bond acceptors (Lipinski definition) is 4. The third-order valence-electron chi connectivity index (χ3n) is 10.5. The van der Waals surface area contributed by atoms with Gasteiger partial charge in [-0.05, 0) is 72.7 Å². The van der Waals surface area contributed by atoms with Crippen LogP contribution in [0.2, 0.25) is 10.0 Å². The van der Waals surface area contributed by atoms with Crippen LogP contribution in [0.3, 0.4) is 0 Å². The molecular formula is C36H28Cl2N2O4. The van der Waals surface area contributed by atoms with E-state index >= 15 is 0 Å². The molecule has 6 nitrogen and oxygen atoms in total. The number of allylic oxidation sites excluding steroid dienone is 4. The highest BCUT2D eigenvalue weighted by Gasteiger charge is 2.67. The first kappa shape index (κ1) is 27.5. The zero-order valence-corrected chi connectivity index (χ0v) is 25.5. The van der Waals surface area contributed by atoms with Crippen molar-refractivity contribution in [3.63, 3.8) is 0 Å². The molecule has 6 aliphatic rings. The molecule has 1 saturated carbocycles. The highest BCUT2D eigenvalue weighted by Crippen LogP contribution is 2.63. The molecule has 8 heteroatoms. The zero-order valence-electron chi connectivity index (χ0n) is 24.0. The van der Waals surface area contributed by atoms with E-state index in [1.165, 1.54) is 9.80 Å². The zero-order chi connectivity index (χ0) is 30.6. The summed E-state index contributed by atoms with van der Waals surface area (Å²) in [6.07, 6.45) is 4.45. The minimum absolute atomic E-state index is 0.246. The molecule has 2 aliphatic heterocycles. The Morgan fingerprint density at radius 3 is 1.82 bits per heavy atom. The van der Waals surface area contributed by atoms with Crippen molar-refractivity contribution in [2.75, 3.05) is 9.80 Å². The minimum atomic E-state index is -0.644. The van der Waals surface area contributed by atoms with E-state index in [1.807, 2.05) is 62.4 Å². The molecule has 4 aliphatic carbocycles. The first-order chi connectivity index (χ1) is 21.2. The first-order valence-electron chi connectivity index (χ1n) is 14.9. The second-order valence-electron chi connectivity index (χ2n) is 12.6. The van der Waals surface area contributed by atoms with Crippen LogP contribution in [0.15, 0.2) is 84.5 Å². The molecule has 7 atom stereocenters. The molecule has 2 bridgehead atoms. The molecule has 44 heavy (non-hydrogen) atoms. The number of carbonyl (C=O) groups excluding carboxylic acids is 4. The van der Waals surface area contributed by atoms with Gasteiger partial charge in [0, 0.05) is 21.9 Å². The molecule has 2 saturated heterocycles. The SMILES string of the molecule is Cc1ccc(N2C(=O)[C@@H]3[C@H]4C=C[C@@H](C5=C(c6ccccc6)C[C@H]6C(=O)N(c7ccc(C)c(Cl)c7)C(=O)[C@H]6[C@H]54)[C@H]3C2=O)cc1Cl. The van der Waals surface area contributed by atoms with Crippen LogP contribution in [0.4, 0.5) is 11.4 Å². The van der Waals surface area contributed by atoms with Crippen molar-refractivity contribution in [2.45, 2.75) is 20.3 Å². The lowest BCUT2D eigenvalue weighted by molar-refractivity contribution is -0.129. The highest BCUT2D eigenvalue weighted by molar-refractivity contribution is 6.33. The van der Waals surface area contributed by atoms with Gasteiger partial charge in [-0.25, -0.2) is 9.80 Å². The summed E-state index contributed by atoms with van der Waals surface area (Å²) in [6, 6.07) is 20.4. The normalized spacial score (nSPS) is 30.3. The van der Waals surface area contributed by atoms with Gasteiger partial charge in [-0.2, -0.15) is 0 Å². The van der Waals surface area contributed by atoms with Crippen molar-refractivity contribution in [3.8, 4) is 0 Å². The van der Waals surface area contributed by atoms with Gasteiger partial charge >= 0.3 is 0 Å². The Labute approximate surface area is 264 Å². The van der Waals surface area contributed by atoms with Gasteiger partial charge in [0.05, 0.1) is 35.0 Å². The number of amides is 4. The first-order valence-corrected chi connectivity index (χ1v) is 15.7. The maximum atomic E-state index is 14.4. The van der Waals surface area contributed by atoms with Gasteiger partial charge in [0.25, 0.3) is 0 Å². The number of rotatable bonds is 3. The van der Waals surface area contributed by atoms with Gasteiger partial charge in [0.1, 0.15) is 0 Å². The summed E-state index contributed by atoms with van der Waals surface area (Å²) in [5, 5.41) is 0.964. The number of anilines is 2. The summed E-state index contributed by atoms with van der Waals surface area (Å²) in [4.78, 5) is 59.4. The molecule has 0 N–H and O–H groups in total. The van der Waals surface area contributed by atoms with Crippen LogP contribution >= 0.6 is 23.2 Å². The molecule has 0 spiro atoms. The van der Waals surface area contributed by atoms with Crippen molar-refractivity contribution in [3.05, 3.63) is 111 Å². The number of aryl methyl sites for hydroxylation is 2. The van der Waals surface area contributed by atoms with E-state index in [1.54, 1.807) is 24.3 Å². The van der Waals surface area contributed by atoms with Crippen LogP contribution in [0, 0.1) is 55.3 Å². The molecule has 0 aromatic heterocycles. The molecule has 4 amide bonds. The Hall–Kier alpha value is -4.00. The van der Waals surface area contributed by atoms with Crippen molar-refractivity contribution in [2.24, 2.45) is 41.4 Å². The summed E-state index contributed by atoms with van der Waals surface area (Å²) in [6.45, 7) is 3.74. The van der Waals surface area contributed by atoms with E-state index in [-0.39, 0.29) is 35.5 Å². The molecule has 3 aromatic carbocycles. The number of nitrogens with zero attached hydrogens (tertiary/aromatic N) is 2. The number of carbonyl (C=O) groups is 4. The fourth-order valence-corrected chi connectivity index (χ4v) is 8.82. The maximum Gasteiger partial charge on any atom is 0.238 e. The van der Waals surface area contributed by atoms with Gasteiger partial charge in [0.2, 0.25) is 23.6 Å². The van der Waals surface area contributed by atoms with Crippen molar-refractivity contribution in [1.82, 2.24) is 0 Å². The van der Waals surface area contributed by atoms with Crippen molar-refractivity contribution < 1.29 is 19.2 Å². The monoisotopic (exact) mass is 622 g/mol. The van der Waals surface area contributed by atoms with Gasteiger partial charge in [0.15, 0.2) is 0 Å². The molecular weight excluding hydrogens is 595 g/mol. The fraction of sp³-hybridized carbons (Fsp3) is 0.278. The molecule has 220 valence electrons. The van der Waals surface area contributed by atoms with E-state index < -0.39 is 29.6 Å². The average molecular weight is 624 g/mol. The quantitative estimate of drug-likeness (QED) is 0.237. The summed E-state index contributed by atoms with van der Waals surface area (Å²) in [5.41, 5.74) is 5.60. The molecule has 2 heterocycles. The number of imide groups is 2. The second-order valence-corrected chi connectivity index (χ2v) is 13.4. The Balaban J connectivity index is 1.28. The number of benzene rings is 3. The largest absolute Gasteiger partial charge is 0.274 e. The molecule has 3 fully saturated rings. The number of fused-ring (bicyclic) bond motifs is 1. The standard InChI is InChI=1S/C36H28Cl2N2O4/c1-17-8-10-20(14-26(17)37)39-33(41)25-16-24(19-6-4-3-5-7-19)28-22-12-13-23(29(28)32(25)36(39)44)31-30(22)34(42)40(35(31)43)21-11-9-18(2)27(38)15-21/h3-15,22-23,25,29-32H,16H2,1-2H3/t22-,23-,25+,29-,30+,31+,32+/m0/s1. The highest BCUT2D eigenvalue weighted by atomic mass is 35.5. The molecule has 0 radical (unpaired) electrons. The molecule has 9 rings (SSSR count). The van der Waals surface area contributed by atoms with Crippen LogP contribution in [0.25, 0.3) is 5.57 Å². The van der Waals surface area contributed by atoms with E-state index in [4.69, 9.17) is 23.2 Å². The van der Waals surface area contributed by atoms with E-state index in [0.717, 1.165) is 27.8 Å². The summed E-state index contributed by atoms with van der Waals surface area (Å²) >= 11 is 12.8. The third-order valence-corrected chi connectivity index (χ3v) is 11.3. The topological polar surface area (TPSA) is 74.8 Å². The lowest BCUT2D eigenvalue weighted by Gasteiger charge is -2.51. The predicted molar refractivity (Wildman–Crippen MR) is 169 cm³/mol. The number of hydrogen-bond donors (Lipinski definition) is 0. The van der Waals surface area contributed by atoms with Crippen LogP contribution in [-0.4, -0.2) is 23.6 Å². The fourth-order valence-electron chi connectivity index (χ4n) is 8.47. The van der Waals surface area contributed by atoms with Crippen molar-refractivity contribution >= 4 is 63.8 Å². The maximum absolute atomic E-state index is 14.4. The van der Waals surface area contributed by atoms with Crippen LogP contribution < -0.4 is 9.80 Å². The number of halogens is 2. The van der Waals surface area contributed by atoms with Crippen LogP contribution in [0.5, 0.6) is 0 Å². The summed E-state index contributed by atoms with van der Waals surface area (Å²) < 4.78 is 0. The van der Waals surface area contributed by atoms with E-state index in [9.17, 15) is 19.2 Å². The van der Waals surface area contributed by atoms with E-state index in [0.29, 0.717) is 27.8 Å². The third kappa shape index (κ3) is 3.67. The minimum Gasteiger partial charge on any atom is -0.274 e. The Morgan fingerprint density at radius 2 is 1.20 bits per heavy atom. The Morgan fingerprint density at radius 1 is 0.636 bits per heavy atom. The summed E-state index contributed by atoms with van der Waals surface area (Å²) in [5.74, 6) is -4.65. The molecule has 0 unspecified atom stereocenters. The van der Waals surface area contributed by atoms with Gasteiger partial charge in [-0.1, -0.05) is 83.4 Å². The van der Waals surface area contributed by atoms with Gasteiger partial charge in [-0.15, -0.1) is 0 Å². The Bertz CT molecular complexity index is 1880. The van der Waals surface area contributed by atoms with Crippen LogP contribution in [0.1, 0.15) is 23.1 Å². The Kier molecular flexibility index (Phi) is 6.10. The summed E-state index contributed by atoms with van der Waals surface area (Å²) in [7, 11) is 0. The van der Waals surface area contributed by atoms with Gasteiger partial charge < -0.3 is 0 Å². The molecule has 3 aromatic rings. The lowest BCUT2D eigenvalue weighted by Crippen LogP contribution is -2.51. The smallest absolute Gasteiger partial charge is 0.238 e.